The Hall–Kier alpha value is -3.29. The number of nitrogens with zero attached hydrogens (tertiary/aromatic N) is 3. The van der Waals surface area contributed by atoms with Crippen molar-refractivity contribution < 1.29 is 18.8 Å². The number of primary amides is 1. The summed E-state index contributed by atoms with van der Waals surface area (Å²) in [5, 5.41) is 0. The SMILES string of the molecule is Cc1ccnc(C(=O)N(C)CCN(C)C(=O)c2cc(F)cc(C(N)=O)c2)c1. The molecule has 2 aromatic rings. The molecule has 2 rings (SSSR count). The van der Waals surface area contributed by atoms with E-state index in [1.54, 1.807) is 25.4 Å². The zero-order valence-electron chi connectivity index (χ0n) is 15.4. The van der Waals surface area contributed by atoms with E-state index in [9.17, 15) is 18.8 Å². The predicted octanol–water partition coefficient (Wildman–Crippen LogP) is 1.47. The molecule has 0 aliphatic rings. The van der Waals surface area contributed by atoms with Gasteiger partial charge in [0.05, 0.1) is 0 Å². The molecule has 1 aromatic carbocycles. The highest BCUT2D eigenvalue weighted by Crippen LogP contribution is 2.11. The standard InChI is InChI=1S/C19H21FN4O3/c1-12-4-5-22-16(8-12)19(27)24(3)7-6-23(2)18(26)14-9-13(17(21)25)10-15(20)11-14/h4-5,8-11H,6-7H2,1-3H3,(H2,21,25). The van der Waals surface area contributed by atoms with E-state index >= 15 is 0 Å². The molecule has 2 N–H and O–H groups in total. The molecule has 0 fully saturated rings. The highest BCUT2D eigenvalue weighted by Gasteiger charge is 2.18. The molecule has 7 nitrogen and oxygen atoms in total. The van der Waals surface area contributed by atoms with Crippen LogP contribution in [0.1, 0.15) is 36.8 Å². The summed E-state index contributed by atoms with van der Waals surface area (Å²) in [5.74, 6) is -2.28. The van der Waals surface area contributed by atoms with Crippen LogP contribution in [0.3, 0.4) is 0 Å². The van der Waals surface area contributed by atoms with E-state index in [0.29, 0.717) is 5.69 Å². The minimum atomic E-state index is -0.817. The van der Waals surface area contributed by atoms with Gasteiger partial charge in [0.15, 0.2) is 0 Å². The van der Waals surface area contributed by atoms with E-state index < -0.39 is 17.6 Å². The van der Waals surface area contributed by atoms with Gasteiger partial charge < -0.3 is 15.5 Å². The third-order valence-electron chi connectivity index (χ3n) is 4.03. The lowest BCUT2D eigenvalue weighted by atomic mass is 10.1. The number of benzene rings is 1. The molecule has 0 unspecified atom stereocenters. The number of aromatic nitrogens is 1. The van der Waals surface area contributed by atoms with Crippen molar-refractivity contribution in [1.82, 2.24) is 14.8 Å². The van der Waals surface area contributed by atoms with Gasteiger partial charge in [-0.05, 0) is 42.8 Å². The minimum Gasteiger partial charge on any atom is -0.366 e. The van der Waals surface area contributed by atoms with E-state index in [1.807, 2.05) is 6.92 Å². The lowest BCUT2D eigenvalue weighted by molar-refractivity contribution is 0.0715. The topological polar surface area (TPSA) is 96.6 Å². The molecule has 0 saturated heterocycles. The Bertz CT molecular complexity index is 885. The van der Waals surface area contributed by atoms with Gasteiger partial charge in [0.1, 0.15) is 11.5 Å². The fourth-order valence-corrected chi connectivity index (χ4v) is 2.43. The molecule has 1 aromatic heterocycles. The first-order chi connectivity index (χ1) is 12.7. The van der Waals surface area contributed by atoms with E-state index in [2.05, 4.69) is 4.98 Å². The number of carbonyl (C=O) groups is 3. The Morgan fingerprint density at radius 1 is 1.00 bits per heavy atom. The second kappa shape index (κ2) is 8.39. The first-order valence-electron chi connectivity index (χ1n) is 8.23. The molecule has 0 bridgehead atoms. The molecule has 0 spiro atoms. The Labute approximate surface area is 156 Å². The molecule has 0 aliphatic heterocycles. The summed E-state index contributed by atoms with van der Waals surface area (Å²) in [4.78, 5) is 42.9. The summed E-state index contributed by atoms with van der Waals surface area (Å²) in [6.07, 6.45) is 1.56. The van der Waals surface area contributed by atoms with Crippen LogP contribution in [-0.4, -0.2) is 59.7 Å². The number of hydrogen-bond donors (Lipinski definition) is 1. The van der Waals surface area contributed by atoms with Gasteiger partial charge in [-0.1, -0.05) is 0 Å². The molecular weight excluding hydrogens is 351 g/mol. The van der Waals surface area contributed by atoms with Crippen molar-refractivity contribution in [3.8, 4) is 0 Å². The Morgan fingerprint density at radius 2 is 1.59 bits per heavy atom. The van der Waals surface area contributed by atoms with Crippen LogP contribution in [0.25, 0.3) is 0 Å². The molecule has 27 heavy (non-hydrogen) atoms. The Morgan fingerprint density at radius 3 is 2.19 bits per heavy atom. The highest BCUT2D eigenvalue weighted by molar-refractivity contribution is 5.99. The average Bonchev–Trinajstić information content (AvgIpc) is 2.63. The number of amides is 3. The molecule has 0 radical (unpaired) electrons. The lowest BCUT2D eigenvalue weighted by Crippen LogP contribution is -2.37. The zero-order chi connectivity index (χ0) is 20.1. The van der Waals surface area contributed by atoms with Crippen LogP contribution in [-0.2, 0) is 0 Å². The van der Waals surface area contributed by atoms with Gasteiger partial charge in [0.25, 0.3) is 11.8 Å². The third-order valence-corrected chi connectivity index (χ3v) is 4.03. The van der Waals surface area contributed by atoms with Crippen molar-refractivity contribution in [3.05, 3.63) is 64.7 Å². The largest absolute Gasteiger partial charge is 0.366 e. The number of rotatable bonds is 6. The maximum atomic E-state index is 13.6. The van der Waals surface area contributed by atoms with Crippen molar-refractivity contribution >= 4 is 17.7 Å². The minimum absolute atomic E-state index is 0.0145. The Kier molecular flexibility index (Phi) is 6.23. The number of carbonyl (C=O) groups excluding carboxylic acids is 3. The molecule has 0 atom stereocenters. The van der Waals surface area contributed by atoms with Crippen molar-refractivity contribution in [3.63, 3.8) is 0 Å². The van der Waals surface area contributed by atoms with Crippen LogP contribution in [0.5, 0.6) is 0 Å². The molecule has 8 heteroatoms. The smallest absolute Gasteiger partial charge is 0.272 e. The van der Waals surface area contributed by atoms with Gasteiger partial charge in [0, 0.05) is 44.5 Å². The predicted molar refractivity (Wildman–Crippen MR) is 97.8 cm³/mol. The van der Waals surface area contributed by atoms with Crippen LogP contribution >= 0.6 is 0 Å². The van der Waals surface area contributed by atoms with Crippen LogP contribution in [0, 0.1) is 12.7 Å². The number of hydrogen-bond acceptors (Lipinski definition) is 4. The molecule has 3 amide bonds. The molecular formula is C19H21FN4O3. The average molecular weight is 372 g/mol. The molecule has 142 valence electrons. The normalized spacial score (nSPS) is 10.4. The van der Waals surface area contributed by atoms with E-state index in [0.717, 1.165) is 17.7 Å². The van der Waals surface area contributed by atoms with E-state index in [4.69, 9.17) is 5.73 Å². The molecule has 0 saturated carbocycles. The quantitative estimate of drug-likeness (QED) is 0.830. The monoisotopic (exact) mass is 372 g/mol. The molecule has 0 aliphatic carbocycles. The summed E-state index contributed by atoms with van der Waals surface area (Å²) in [6.45, 7) is 2.34. The van der Waals surface area contributed by atoms with Crippen LogP contribution in [0.2, 0.25) is 0 Å². The van der Waals surface area contributed by atoms with Gasteiger partial charge in [-0.25, -0.2) is 4.39 Å². The first-order valence-corrected chi connectivity index (χ1v) is 8.23. The van der Waals surface area contributed by atoms with Gasteiger partial charge in [0.2, 0.25) is 5.91 Å². The first kappa shape index (κ1) is 20.0. The van der Waals surface area contributed by atoms with Gasteiger partial charge in [-0.3, -0.25) is 19.4 Å². The van der Waals surface area contributed by atoms with Crippen LogP contribution in [0.4, 0.5) is 4.39 Å². The van der Waals surface area contributed by atoms with Crippen LogP contribution < -0.4 is 5.73 Å². The van der Waals surface area contributed by atoms with Crippen molar-refractivity contribution in [2.45, 2.75) is 6.92 Å². The second-order valence-corrected chi connectivity index (χ2v) is 6.26. The number of likely N-dealkylation sites (N-methyl/N-ethyl adjacent to an activating group) is 2. The Balaban J connectivity index is 2.02. The van der Waals surface area contributed by atoms with Gasteiger partial charge in [-0.2, -0.15) is 0 Å². The summed E-state index contributed by atoms with van der Waals surface area (Å²) in [5.41, 5.74) is 6.32. The third kappa shape index (κ3) is 5.10. The fraction of sp³-hybridized carbons (Fsp3) is 0.263. The van der Waals surface area contributed by atoms with Crippen molar-refractivity contribution in [2.75, 3.05) is 27.2 Å². The van der Waals surface area contributed by atoms with Crippen LogP contribution in [0.15, 0.2) is 36.5 Å². The number of pyridine rings is 1. The summed E-state index contributed by atoms with van der Waals surface area (Å²) >= 11 is 0. The number of halogens is 1. The number of nitrogens with two attached hydrogens (primary N) is 1. The maximum absolute atomic E-state index is 13.6. The van der Waals surface area contributed by atoms with Crippen molar-refractivity contribution in [1.29, 1.82) is 0 Å². The molecule has 1 heterocycles. The summed E-state index contributed by atoms with van der Waals surface area (Å²) < 4.78 is 13.6. The zero-order valence-corrected chi connectivity index (χ0v) is 15.4. The lowest BCUT2D eigenvalue weighted by Gasteiger charge is -2.22. The summed E-state index contributed by atoms with van der Waals surface area (Å²) in [6, 6.07) is 6.74. The summed E-state index contributed by atoms with van der Waals surface area (Å²) in [7, 11) is 3.14. The van der Waals surface area contributed by atoms with E-state index in [-0.39, 0.29) is 30.1 Å². The van der Waals surface area contributed by atoms with Gasteiger partial charge in [-0.15, -0.1) is 0 Å². The second-order valence-electron chi connectivity index (χ2n) is 6.26. The van der Waals surface area contributed by atoms with Gasteiger partial charge >= 0.3 is 0 Å². The maximum Gasteiger partial charge on any atom is 0.272 e. The van der Waals surface area contributed by atoms with E-state index in [1.165, 1.54) is 22.9 Å². The number of aryl methyl sites for hydroxylation is 1. The highest BCUT2D eigenvalue weighted by atomic mass is 19.1. The fourth-order valence-electron chi connectivity index (χ4n) is 2.43. The van der Waals surface area contributed by atoms with Crippen molar-refractivity contribution in [2.24, 2.45) is 5.73 Å².